The molecule has 0 spiro atoms. The molecule has 0 atom stereocenters. The Hall–Kier alpha value is -2.57. The summed E-state index contributed by atoms with van der Waals surface area (Å²) in [7, 11) is 0. The van der Waals surface area contributed by atoms with Crippen molar-refractivity contribution in [3.8, 4) is 0 Å². The molecular formula is C20H23F3N2O2. The van der Waals surface area contributed by atoms with Crippen LogP contribution >= 0.6 is 0 Å². The van der Waals surface area contributed by atoms with Crippen LogP contribution in [0, 0.1) is 0 Å². The van der Waals surface area contributed by atoms with E-state index in [4.69, 9.17) is 0 Å². The maximum absolute atomic E-state index is 12.9. The minimum atomic E-state index is -4.76. The van der Waals surface area contributed by atoms with Crippen LogP contribution in [0.15, 0.2) is 41.3 Å². The van der Waals surface area contributed by atoms with E-state index in [-0.39, 0.29) is 11.8 Å². The van der Waals surface area contributed by atoms with Crippen LogP contribution in [0.2, 0.25) is 0 Å². The van der Waals surface area contributed by atoms with E-state index in [1.165, 1.54) is 6.20 Å². The van der Waals surface area contributed by atoms with E-state index in [1.54, 1.807) is 0 Å². The van der Waals surface area contributed by atoms with E-state index >= 15 is 0 Å². The van der Waals surface area contributed by atoms with E-state index < -0.39 is 29.8 Å². The van der Waals surface area contributed by atoms with Gasteiger partial charge in [0.15, 0.2) is 0 Å². The molecule has 2 aromatic rings. The summed E-state index contributed by atoms with van der Waals surface area (Å²) in [6.07, 6.45) is -3.58. The molecule has 0 aliphatic rings. The number of halogens is 3. The third-order valence-corrected chi connectivity index (χ3v) is 4.28. The number of para-hydroxylation sites is 1. The molecule has 0 saturated heterocycles. The van der Waals surface area contributed by atoms with Gasteiger partial charge in [-0.1, -0.05) is 45.9 Å². The number of anilines is 1. The summed E-state index contributed by atoms with van der Waals surface area (Å²) in [5, 5.41) is 2.80. The summed E-state index contributed by atoms with van der Waals surface area (Å²) in [4.78, 5) is 24.5. The fraction of sp³-hybridized carbons (Fsp3) is 0.400. The third-order valence-electron chi connectivity index (χ3n) is 4.28. The molecule has 0 saturated carbocycles. The Morgan fingerprint density at radius 3 is 2.07 bits per heavy atom. The van der Waals surface area contributed by atoms with Gasteiger partial charge >= 0.3 is 6.18 Å². The monoisotopic (exact) mass is 380 g/mol. The number of rotatable bonds is 5. The van der Waals surface area contributed by atoms with Gasteiger partial charge in [0.05, 0.1) is 0 Å². The van der Waals surface area contributed by atoms with Crippen molar-refractivity contribution in [2.45, 2.75) is 52.3 Å². The molecule has 4 nitrogen and oxygen atoms in total. The number of hydrogen-bond acceptors (Lipinski definition) is 2. The molecule has 2 rings (SSSR count). The Labute approximate surface area is 156 Å². The van der Waals surface area contributed by atoms with Gasteiger partial charge in [-0.3, -0.25) is 9.59 Å². The number of alkyl halides is 3. The lowest BCUT2D eigenvalue weighted by atomic mass is 9.92. The van der Waals surface area contributed by atoms with Crippen LogP contribution in [-0.4, -0.2) is 10.5 Å². The molecule has 0 bridgehead atoms. The first kappa shape index (κ1) is 20.7. The zero-order valence-corrected chi connectivity index (χ0v) is 15.7. The Morgan fingerprint density at radius 1 is 1.04 bits per heavy atom. The quantitative estimate of drug-likeness (QED) is 0.814. The molecule has 0 aliphatic heterocycles. The molecule has 1 aromatic heterocycles. The highest BCUT2D eigenvalue weighted by atomic mass is 19.4. The largest absolute Gasteiger partial charge is 0.421 e. The highest BCUT2D eigenvalue weighted by molar-refractivity contribution is 5.92. The van der Waals surface area contributed by atoms with Gasteiger partial charge in [-0.05, 0) is 35.1 Å². The number of benzene rings is 1. The second-order valence-corrected chi connectivity index (χ2v) is 7.02. The summed E-state index contributed by atoms with van der Waals surface area (Å²) >= 11 is 0. The van der Waals surface area contributed by atoms with Crippen molar-refractivity contribution in [2.75, 3.05) is 5.32 Å². The molecule has 146 valence electrons. The van der Waals surface area contributed by atoms with Crippen molar-refractivity contribution < 1.29 is 18.0 Å². The first-order chi connectivity index (χ1) is 12.5. The smallest absolute Gasteiger partial charge is 0.324 e. The third kappa shape index (κ3) is 4.78. The van der Waals surface area contributed by atoms with Crippen LogP contribution in [0.1, 0.15) is 56.2 Å². The zero-order valence-electron chi connectivity index (χ0n) is 15.7. The number of carbonyl (C=O) groups is 1. The fourth-order valence-corrected chi connectivity index (χ4v) is 2.91. The summed E-state index contributed by atoms with van der Waals surface area (Å²) in [6.45, 7) is 7.48. The topological polar surface area (TPSA) is 51.1 Å². The molecule has 0 radical (unpaired) electrons. The van der Waals surface area contributed by atoms with Crippen molar-refractivity contribution in [1.82, 2.24) is 4.57 Å². The first-order valence-electron chi connectivity index (χ1n) is 8.71. The van der Waals surface area contributed by atoms with E-state index in [0.29, 0.717) is 11.8 Å². The van der Waals surface area contributed by atoms with Gasteiger partial charge in [-0.25, -0.2) is 0 Å². The molecule has 0 aliphatic carbocycles. The van der Waals surface area contributed by atoms with Gasteiger partial charge in [-0.2, -0.15) is 13.2 Å². The average Bonchev–Trinajstić information content (AvgIpc) is 2.55. The standard InChI is InChI=1S/C20H23F3N2O2/c1-12(2)14-7-5-8-15(13(3)4)18(14)24-17(26)11-25-10-6-9-16(19(25)27)20(21,22)23/h5-10,12-13H,11H2,1-4H3,(H,24,26). The maximum Gasteiger partial charge on any atom is 0.421 e. The molecule has 1 aromatic carbocycles. The number of carbonyl (C=O) groups excluding carboxylic acids is 1. The summed E-state index contributed by atoms with van der Waals surface area (Å²) in [6, 6.07) is 7.55. The number of aromatic nitrogens is 1. The van der Waals surface area contributed by atoms with Crippen molar-refractivity contribution in [2.24, 2.45) is 0 Å². The van der Waals surface area contributed by atoms with Crippen LogP contribution < -0.4 is 10.9 Å². The maximum atomic E-state index is 12.9. The lowest BCUT2D eigenvalue weighted by Gasteiger charge is -2.20. The molecule has 27 heavy (non-hydrogen) atoms. The van der Waals surface area contributed by atoms with Gasteiger partial charge in [-0.15, -0.1) is 0 Å². The van der Waals surface area contributed by atoms with E-state index in [9.17, 15) is 22.8 Å². The summed E-state index contributed by atoms with van der Waals surface area (Å²) in [5.74, 6) is -0.253. The normalized spacial score (nSPS) is 11.9. The van der Waals surface area contributed by atoms with Crippen molar-refractivity contribution in [3.63, 3.8) is 0 Å². The number of hydrogen-bond donors (Lipinski definition) is 1. The van der Waals surface area contributed by atoms with Gasteiger partial charge in [0.2, 0.25) is 5.91 Å². The number of nitrogens with one attached hydrogen (secondary N) is 1. The lowest BCUT2D eigenvalue weighted by Crippen LogP contribution is -2.32. The first-order valence-corrected chi connectivity index (χ1v) is 8.71. The number of amides is 1. The Kier molecular flexibility index (Phi) is 6.13. The van der Waals surface area contributed by atoms with Gasteiger partial charge in [0, 0.05) is 11.9 Å². The molecule has 0 fully saturated rings. The minimum Gasteiger partial charge on any atom is -0.324 e. The van der Waals surface area contributed by atoms with Gasteiger partial charge in [0.25, 0.3) is 5.56 Å². The highest BCUT2D eigenvalue weighted by Gasteiger charge is 2.34. The SMILES string of the molecule is CC(C)c1cccc(C(C)C)c1NC(=O)Cn1cccc(C(F)(F)F)c1=O. The van der Waals surface area contributed by atoms with E-state index in [1.807, 2.05) is 45.9 Å². The van der Waals surface area contributed by atoms with Crippen molar-refractivity contribution in [1.29, 1.82) is 0 Å². The highest BCUT2D eigenvalue weighted by Crippen LogP contribution is 2.32. The molecule has 0 unspecified atom stereocenters. The van der Waals surface area contributed by atoms with Gasteiger partial charge < -0.3 is 9.88 Å². The molecule has 1 heterocycles. The average molecular weight is 380 g/mol. The predicted octanol–water partition coefficient (Wildman–Crippen LogP) is 4.75. The molecule has 7 heteroatoms. The van der Waals surface area contributed by atoms with Crippen LogP contribution in [0.3, 0.4) is 0 Å². The van der Waals surface area contributed by atoms with Crippen LogP contribution in [0.4, 0.5) is 18.9 Å². The predicted molar refractivity (Wildman–Crippen MR) is 99.0 cm³/mol. The number of nitrogens with zero attached hydrogens (tertiary/aromatic N) is 1. The minimum absolute atomic E-state index is 0.148. The zero-order chi connectivity index (χ0) is 20.4. The molecule has 1 N–H and O–H groups in total. The van der Waals surface area contributed by atoms with E-state index in [2.05, 4.69) is 5.32 Å². The van der Waals surface area contributed by atoms with Crippen LogP contribution in [-0.2, 0) is 17.5 Å². The van der Waals surface area contributed by atoms with Gasteiger partial charge in [0.1, 0.15) is 12.1 Å². The Balaban J connectivity index is 2.34. The lowest BCUT2D eigenvalue weighted by molar-refractivity contribution is -0.139. The summed E-state index contributed by atoms with van der Waals surface area (Å²) in [5.41, 5.74) is 0.00836. The van der Waals surface area contributed by atoms with E-state index in [0.717, 1.165) is 21.8 Å². The van der Waals surface area contributed by atoms with Crippen molar-refractivity contribution >= 4 is 11.6 Å². The summed E-state index contributed by atoms with van der Waals surface area (Å²) < 4.78 is 39.4. The van der Waals surface area contributed by atoms with Crippen LogP contribution in [0.5, 0.6) is 0 Å². The Bertz CT molecular complexity index is 857. The second-order valence-electron chi connectivity index (χ2n) is 7.02. The van der Waals surface area contributed by atoms with Crippen LogP contribution in [0.25, 0.3) is 0 Å². The van der Waals surface area contributed by atoms with Crippen molar-refractivity contribution in [3.05, 3.63) is 63.6 Å². The number of pyridine rings is 1. The molecule has 1 amide bonds. The molecular weight excluding hydrogens is 357 g/mol. The second kappa shape index (κ2) is 7.98. The Morgan fingerprint density at radius 2 is 1.59 bits per heavy atom. The fourth-order valence-electron chi connectivity index (χ4n) is 2.91.